The quantitative estimate of drug-likeness (QED) is 0.130. The number of aliphatic carboxylic acids is 4. The Balaban J connectivity index is 0.000000432. The predicted molar refractivity (Wildman–Crippen MR) is 179 cm³/mol. The molecule has 0 aliphatic carbocycles. The summed E-state index contributed by atoms with van der Waals surface area (Å²) in [6, 6.07) is 17.8. The molecule has 0 atom stereocenters. The summed E-state index contributed by atoms with van der Waals surface area (Å²) in [6.07, 6.45) is 2.67. The van der Waals surface area contributed by atoms with Crippen LogP contribution in [0, 0.1) is 0 Å². The summed E-state index contributed by atoms with van der Waals surface area (Å²) in [5, 5.41) is 34.2. The first kappa shape index (κ1) is 39.5. The van der Waals surface area contributed by atoms with E-state index in [1.807, 2.05) is 62.4 Å². The number of carbonyl (C=O) groups is 6. The van der Waals surface area contributed by atoms with Crippen LogP contribution < -0.4 is 5.32 Å². The minimum absolute atomic E-state index is 0.0864. The molecule has 2 heterocycles. The second kappa shape index (κ2) is 20.5. The first-order chi connectivity index (χ1) is 23.2. The van der Waals surface area contributed by atoms with E-state index in [1.54, 1.807) is 0 Å². The van der Waals surface area contributed by atoms with Gasteiger partial charge >= 0.3 is 23.9 Å². The van der Waals surface area contributed by atoms with Crippen LogP contribution in [0.1, 0.15) is 36.5 Å². The third-order valence-corrected chi connectivity index (χ3v) is 6.78. The first-order valence-electron chi connectivity index (χ1n) is 15.3. The summed E-state index contributed by atoms with van der Waals surface area (Å²) in [7, 11) is 0. The number of nitrogens with zero attached hydrogens (tertiary/aromatic N) is 4. The number of piperazine rings is 1. The van der Waals surface area contributed by atoms with Crippen molar-refractivity contribution in [3.8, 4) is 0 Å². The van der Waals surface area contributed by atoms with Crippen LogP contribution in [0.3, 0.4) is 0 Å². The Kier molecular flexibility index (Phi) is 16.6. The summed E-state index contributed by atoms with van der Waals surface area (Å²) in [4.78, 5) is 72.4. The Morgan fingerprint density at radius 3 is 1.73 bits per heavy atom. The lowest BCUT2D eigenvalue weighted by Gasteiger charge is -2.34. The minimum Gasteiger partial charge on any atom is -0.478 e. The molecule has 0 bridgehead atoms. The highest BCUT2D eigenvalue weighted by Gasteiger charge is 2.22. The van der Waals surface area contributed by atoms with Crippen molar-refractivity contribution in [2.24, 2.45) is 0 Å². The Hall–Kier alpha value is -5.67. The number of carbonyl (C=O) groups excluding carboxylic acids is 2. The van der Waals surface area contributed by atoms with E-state index in [-0.39, 0.29) is 17.7 Å². The van der Waals surface area contributed by atoms with Crippen molar-refractivity contribution in [2.45, 2.75) is 39.4 Å². The number of carboxylic acids is 4. The second-order valence-electron chi connectivity index (χ2n) is 11.0. The largest absolute Gasteiger partial charge is 0.478 e. The molecule has 49 heavy (non-hydrogen) atoms. The van der Waals surface area contributed by atoms with Crippen LogP contribution in [0.5, 0.6) is 0 Å². The molecule has 2 aromatic carbocycles. The van der Waals surface area contributed by atoms with Gasteiger partial charge in [-0.2, -0.15) is 0 Å². The van der Waals surface area contributed by atoms with Gasteiger partial charge in [0.25, 0.3) is 0 Å². The molecule has 1 aromatic heterocycles. The Morgan fingerprint density at radius 1 is 0.735 bits per heavy atom. The van der Waals surface area contributed by atoms with E-state index in [2.05, 4.69) is 25.8 Å². The predicted octanol–water partition coefficient (Wildman–Crippen LogP) is 2.38. The number of imidazole rings is 1. The van der Waals surface area contributed by atoms with E-state index in [1.165, 1.54) is 0 Å². The molecule has 5 N–H and O–H groups in total. The monoisotopic (exact) mass is 679 g/mol. The van der Waals surface area contributed by atoms with Gasteiger partial charge in [0.2, 0.25) is 5.91 Å². The third kappa shape index (κ3) is 15.6. The fourth-order valence-electron chi connectivity index (χ4n) is 4.64. The number of carboxylic acid groups (broad SMARTS) is 4. The molecule has 0 spiro atoms. The number of hydrogen-bond acceptors (Lipinski definition) is 9. The van der Waals surface area contributed by atoms with Gasteiger partial charge in [-0.3, -0.25) is 19.4 Å². The molecule has 15 nitrogen and oxygen atoms in total. The minimum atomic E-state index is -1.26. The second-order valence-corrected chi connectivity index (χ2v) is 11.0. The van der Waals surface area contributed by atoms with Gasteiger partial charge < -0.3 is 30.3 Å². The van der Waals surface area contributed by atoms with E-state index in [0.29, 0.717) is 43.8 Å². The number of amides is 1. The van der Waals surface area contributed by atoms with E-state index in [4.69, 9.17) is 25.4 Å². The summed E-state index contributed by atoms with van der Waals surface area (Å²) >= 11 is 0. The molecule has 1 amide bonds. The Bertz CT molecular complexity index is 1580. The van der Waals surface area contributed by atoms with Crippen LogP contribution in [-0.2, 0) is 37.1 Å². The zero-order valence-electron chi connectivity index (χ0n) is 27.3. The maximum Gasteiger partial charge on any atom is 0.328 e. The van der Waals surface area contributed by atoms with Crippen LogP contribution in [0.4, 0.5) is 0 Å². The lowest BCUT2D eigenvalue weighted by molar-refractivity contribution is -0.134. The summed E-state index contributed by atoms with van der Waals surface area (Å²) < 4.78 is 2.19. The number of fused-ring (bicyclic) bond motifs is 1. The van der Waals surface area contributed by atoms with Crippen molar-refractivity contribution in [3.05, 3.63) is 90.3 Å². The van der Waals surface area contributed by atoms with Crippen molar-refractivity contribution in [1.29, 1.82) is 0 Å². The summed E-state index contributed by atoms with van der Waals surface area (Å²) in [5.41, 5.74) is 2.78. The number of para-hydroxylation sites is 2. The highest BCUT2D eigenvalue weighted by Crippen LogP contribution is 2.19. The fraction of sp³-hybridized carbons (Fsp3) is 0.324. The molecule has 15 heteroatoms. The van der Waals surface area contributed by atoms with Crippen molar-refractivity contribution >= 4 is 46.6 Å². The number of aryl methyl sites for hydroxylation is 1. The van der Waals surface area contributed by atoms with Crippen molar-refractivity contribution in [3.63, 3.8) is 0 Å². The smallest absolute Gasteiger partial charge is 0.328 e. The molecule has 0 saturated carbocycles. The van der Waals surface area contributed by atoms with Crippen LogP contribution in [0.2, 0.25) is 0 Å². The molecular weight excluding hydrogens is 638 g/mol. The van der Waals surface area contributed by atoms with Gasteiger partial charge in [0, 0.05) is 75.1 Å². The highest BCUT2D eigenvalue weighted by molar-refractivity contribution is 5.96. The summed E-state index contributed by atoms with van der Waals surface area (Å²) in [5.74, 6) is -3.81. The maximum atomic E-state index is 12.7. The third-order valence-electron chi connectivity index (χ3n) is 6.78. The molecule has 1 aliphatic rings. The molecule has 1 aliphatic heterocycles. The van der Waals surface area contributed by atoms with Crippen molar-refractivity contribution < 1.29 is 49.2 Å². The Labute approximate surface area is 282 Å². The van der Waals surface area contributed by atoms with Crippen molar-refractivity contribution in [2.75, 3.05) is 32.7 Å². The van der Waals surface area contributed by atoms with Gasteiger partial charge in [-0.15, -0.1) is 0 Å². The topological polar surface area (TPSA) is 220 Å². The van der Waals surface area contributed by atoms with Crippen LogP contribution in [0.25, 0.3) is 11.0 Å². The normalized spacial score (nSPS) is 13.4. The van der Waals surface area contributed by atoms with Gasteiger partial charge in [0.05, 0.1) is 24.1 Å². The number of aromatic nitrogens is 2. The molecule has 0 unspecified atom stereocenters. The van der Waals surface area contributed by atoms with Gasteiger partial charge in [0.1, 0.15) is 5.82 Å². The first-order valence-corrected chi connectivity index (χ1v) is 15.3. The zero-order chi connectivity index (χ0) is 36.3. The number of benzene rings is 2. The van der Waals surface area contributed by atoms with Crippen molar-refractivity contribution in [1.82, 2.24) is 24.7 Å². The van der Waals surface area contributed by atoms with Crippen LogP contribution in [0.15, 0.2) is 78.9 Å². The average molecular weight is 680 g/mol. The fourth-order valence-corrected chi connectivity index (χ4v) is 4.64. The number of rotatable bonds is 13. The lowest BCUT2D eigenvalue weighted by Crippen LogP contribution is -2.49. The lowest BCUT2D eigenvalue weighted by atomic mass is 10.1. The van der Waals surface area contributed by atoms with Gasteiger partial charge in [0.15, 0.2) is 5.78 Å². The SMILES string of the molecule is CC(C)NC(=O)CN1CCN(Cc2nc3ccccc3n2CCC(=O)c2ccccc2)CC1.O=C(O)/C=C/C(=O)O.O=C(O)/C=C/C(=O)O. The van der Waals surface area contributed by atoms with E-state index < -0.39 is 23.9 Å². The zero-order valence-corrected chi connectivity index (χ0v) is 27.3. The molecule has 4 rings (SSSR count). The molecule has 262 valence electrons. The average Bonchev–Trinajstić information content (AvgIpc) is 3.39. The number of Topliss-reactive ketones (excluding diaryl/α,β-unsaturated/α-hetero) is 1. The van der Waals surface area contributed by atoms with Gasteiger partial charge in [-0.05, 0) is 26.0 Å². The number of nitrogens with one attached hydrogen (secondary N) is 1. The van der Waals surface area contributed by atoms with Gasteiger partial charge in [-0.25, -0.2) is 24.2 Å². The molecule has 3 aromatic rings. The number of ketones is 1. The highest BCUT2D eigenvalue weighted by atomic mass is 16.4. The van der Waals surface area contributed by atoms with E-state index >= 15 is 0 Å². The van der Waals surface area contributed by atoms with Gasteiger partial charge in [-0.1, -0.05) is 42.5 Å². The molecule has 1 fully saturated rings. The number of hydrogen-bond donors (Lipinski definition) is 5. The maximum absolute atomic E-state index is 12.7. The van der Waals surface area contributed by atoms with E-state index in [0.717, 1.165) is 55.1 Å². The summed E-state index contributed by atoms with van der Waals surface area (Å²) in [6.45, 7) is 9.26. The standard InChI is InChI=1S/C26H33N5O2.2C4H4O4/c1-20(2)27-26(33)19-30-16-14-29(15-17-30)18-25-28-22-10-6-7-11-23(22)31(25)13-12-24(32)21-8-4-3-5-9-21;2*5-3(6)1-2-4(7)8/h3-11,20H,12-19H2,1-2H3,(H,27,33);2*1-2H,(H,5,6)(H,7,8)/b;2*2-1+. The van der Waals surface area contributed by atoms with Crippen LogP contribution >= 0.6 is 0 Å². The molecule has 0 radical (unpaired) electrons. The molecule has 1 saturated heterocycles. The van der Waals surface area contributed by atoms with Crippen LogP contribution in [-0.4, -0.2) is 114 Å². The van der Waals surface area contributed by atoms with E-state index in [9.17, 15) is 28.8 Å². The Morgan fingerprint density at radius 2 is 1.22 bits per heavy atom. The molecular formula is C34H41N5O10.